The van der Waals surface area contributed by atoms with Crippen molar-refractivity contribution >= 4 is 62.3 Å². The molecule has 0 aliphatic carbocycles. The second kappa shape index (κ2) is 15.4. The number of benzene rings is 4. The van der Waals surface area contributed by atoms with Crippen LogP contribution in [0.15, 0.2) is 108 Å². The first kappa shape index (κ1) is 33.3. The predicted molar refractivity (Wildman–Crippen MR) is 177 cm³/mol. The molecule has 0 radical (unpaired) electrons. The Hall–Kier alpha value is -3.56. The summed E-state index contributed by atoms with van der Waals surface area (Å²) in [5.74, 6) is -0.975. The highest BCUT2D eigenvalue weighted by molar-refractivity contribution is 7.92. The van der Waals surface area contributed by atoms with Crippen molar-refractivity contribution in [3.63, 3.8) is 0 Å². The van der Waals surface area contributed by atoms with Crippen molar-refractivity contribution in [2.75, 3.05) is 17.4 Å². The third-order valence-electron chi connectivity index (χ3n) is 6.87. The number of amides is 2. The van der Waals surface area contributed by atoms with Crippen LogP contribution >= 0.6 is 34.8 Å². The molecule has 230 valence electrons. The van der Waals surface area contributed by atoms with Crippen LogP contribution in [0.3, 0.4) is 0 Å². The summed E-state index contributed by atoms with van der Waals surface area (Å²) < 4.78 is 29.0. The largest absolute Gasteiger partial charge is 0.354 e. The smallest absolute Gasteiger partial charge is 0.264 e. The van der Waals surface area contributed by atoms with Gasteiger partial charge in [-0.25, -0.2) is 8.42 Å². The summed E-state index contributed by atoms with van der Waals surface area (Å²) in [5, 5.41) is 3.48. The van der Waals surface area contributed by atoms with Crippen LogP contribution < -0.4 is 9.62 Å². The number of carbonyl (C=O) groups is 2. The maximum atomic E-state index is 14.4. The Morgan fingerprint density at radius 3 is 2.11 bits per heavy atom. The molecule has 0 unspecified atom stereocenters. The van der Waals surface area contributed by atoms with Crippen LogP contribution in [0.4, 0.5) is 5.69 Å². The van der Waals surface area contributed by atoms with Crippen molar-refractivity contribution in [1.82, 2.24) is 10.2 Å². The minimum Gasteiger partial charge on any atom is -0.354 e. The molecule has 0 saturated heterocycles. The van der Waals surface area contributed by atoms with E-state index in [4.69, 9.17) is 34.8 Å². The summed E-state index contributed by atoms with van der Waals surface area (Å²) in [6.07, 6.45) is 0.897. The van der Waals surface area contributed by atoms with E-state index in [-0.39, 0.29) is 39.5 Å². The topological polar surface area (TPSA) is 86.8 Å². The Balaban J connectivity index is 1.82. The molecule has 1 atom stereocenters. The zero-order chi connectivity index (χ0) is 31.7. The van der Waals surface area contributed by atoms with Gasteiger partial charge in [0.25, 0.3) is 10.0 Å². The maximum Gasteiger partial charge on any atom is 0.264 e. The Bertz CT molecular complexity index is 1690. The van der Waals surface area contributed by atoms with Crippen molar-refractivity contribution in [3.05, 3.63) is 129 Å². The van der Waals surface area contributed by atoms with E-state index in [1.165, 1.54) is 29.2 Å². The maximum absolute atomic E-state index is 14.4. The molecule has 4 aromatic carbocycles. The van der Waals surface area contributed by atoms with Crippen LogP contribution in [0, 0.1) is 0 Å². The fraction of sp³-hybridized carbons (Fsp3) is 0.212. The minimum absolute atomic E-state index is 0.00105. The summed E-state index contributed by atoms with van der Waals surface area (Å²) in [5.41, 5.74) is 1.54. The molecule has 7 nitrogen and oxygen atoms in total. The van der Waals surface area contributed by atoms with E-state index in [2.05, 4.69) is 5.32 Å². The second-order valence-electron chi connectivity index (χ2n) is 10.0. The Kier molecular flexibility index (Phi) is 11.7. The summed E-state index contributed by atoms with van der Waals surface area (Å²) in [7, 11) is -4.30. The number of nitrogens with zero attached hydrogens (tertiary/aromatic N) is 2. The number of hydrogen-bond donors (Lipinski definition) is 1. The van der Waals surface area contributed by atoms with Gasteiger partial charge in [0.05, 0.1) is 20.6 Å². The Labute approximate surface area is 273 Å². The molecular weight excluding hydrogens is 641 g/mol. The average Bonchev–Trinajstić information content (AvgIpc) is 3.02. The van der Waals surface area contributed by atoms with Crippen LogP contribution in [-0.4, -0.2) is 44.3 Å². The van der Waals surface area contributed by atoms with Crippen LogP contribution in [0.1, 0.15) is 24.5 Å². The van der Waals surface area contributed by atoms with Crippen LogP contribution in [0.2, 0.25) is 15.1 Å². The lowest BCUT2D eigenvalue weighted by atomic mass is 10.0. The Morgan fingerprint density at radius 2 is 1.45 bits per heavy atom. The molecule has 0 spiro atoms. The highest BCUT2D eigenvalue weighted by atomic mass is 35.5. The molecule has 44 heavy (non-hydrogen) atoms. The van der Waals surface area contributed by atoms with Crippen molar-refractivity contribution < 1.29 is 18.0 Å². The van der Waals surface area contributed by atoms with Gasteiger partial charge in [-0.1, -0.05) is 108 Å². The van der Waals surface area contributed by atoms with Gasteiger partial charge in [-0.05, 0) is 53.9 Å². The van der Waals surface area contributed by atoms with Crippen molar-refractivity contribution in [2.45, 2.75) is 37.2 Å². The van der Waals surface area contributed by atoms with Crippen molar-refractivity contribution in [2.24, 2.45) is 0 Å². The van der Waals surface area contributed by atoms with Gasteiger partial charge in [-0.15, -0.1) is 0 Å². The fourth-order valence-electron chi connectivity index (χ4n) is 4.67. The normalized spacial score (nSPS) is 11.9. The van der Waals surface area contributed by atoms with Gasteiger partial charge in [-0.3, -0.25) is 13.9 Å². The second-order valence-corrected chi connectivity index (χ2v) is 13.1. The predicted octanol–water partition coefficient (Wildman–Crippen LogP) is 7.01. The summed E-state index contributed by atoms with van der Waals surface area (Å²) in [6, 6.07) is 27.6. The van der Waals surface area contributed by atoms with Crippen molar-refractivity contribution in [1.29, 1.82) is 0 Å². The van der Waals surface area contributed by atoms with Crippen LogP contribution in [0.25, 0.3) is 0 Å². The SMILES string of the molecule is CCCNC(=O)[C@@H](Cc1ccccc1)N(Cc1cccc(Cl)c1)C(=O)CN(c1cccc(Cl)c1Cl)S(=O)(=O)c1ccccc1. The highest BCUT2D eigenvalue weighted by Crippen LogP contribution is 2.35. The number of hydrogen-bond acceptors (Lipinski definition) is 4. The lowest BCUT2D eigenvalue weighted by Crippen LogP contribution is -2.53. The van der Waals surface area contributed by atoms with Crippen LogP contribution in [0.5, 0.6) is 0 Å². The third-order valence-corrected chi connectivity index (χ3v) is 9.69. The molecule has 0 fully saturated rings. The lowest BCUT2D eigenvalue weighted by molar-refractivity contribution is -0.140. The highest BCUT2D eigenvalue weighted by Gasteiger charge is 2.35. The molecule has 0 aliphatic rings. The van der Waals surface area contributed by atoms with Gasteiger partial charge >= 0.3 is 0 Å². The number of rotatable bonds is 13. The van der Waals surface area contributed by atoms with E-state index in [1.807, 2.05) is 37.3 Å². The zero-order valence-electron chi connectivity index (χ0n) is 24.0. The molecule has 0 bridgehead atoms. The average molecular weight is 673 g/mol. The van der Waals surface area contributed by atoms with Gasteiger partial charge in [0.1, 0.15) is 12.6 Å². The first-order valence-electron chi connectivity index (χ1n) is 14.0. The van der Waals surface area contributed by atoms with Gasteiger partial charge in [0.2, 0.25) is 11.8 Å². The van der Waals surface area contributed by atoms with E-state index >= 15 is 0 Å². The van der Waals surface area contributed by atoms with Gasteiger partial charge in [0.15, 0.2) is 0 Å². The standard InChI is InChI=1S/C33H32Cl3N3O4S/c1-2-19-37-33(41)30(21-24-11-5-3-6-12-24)38(22-25-13-9-14-26(34)20-25)31(40)23-39(29-18-10-17-28(35)32(29)36)44(42,43)27-15-7-4-8-16-27/h3-18,20,30H,2,19,21-23H2,1H3,(H,37,41)/t30-/m1/s1. The molecule has 0 saturated carbocycles. The van der Waals surface area contributed by atoms with E-state index in [9.17, 15) is 18.0 Å². The number of halogens is 3. The van der Waals surface area contributed by atoms with Gasteiger partial charge < -0.3 is 10.2 Å². The molecule has 0 aliphatic heterocycles. The molecule has 4 aromatic rings. The number of anilines is 1. The van der Waals surface area contributed by atoms with E-state index in [0.717, 1.165) is 9.87 Å². The first-order valence-corrected chi connectivity index (χ1v) is 16.6. The quantitative estimate of drug-likeness (QED) is 0.166. The molecule has 1 N–H and O–H groups in total. The van der Waals surface area contributed by atoms with E-state index < -0.39 is 28.5 Å². The van der Waals surface area contributed by atoms with E-state index in [0.29, 0.717) is 23.6 Å². The monoisotopic (exact) mass is 671 g/mol. The van der Waals surface area contributed by atoms with Crippen LogP contribution in [-0.2, 0) is 32.6 Å². The van der Waals surface area contributed by atoms with Gasteiger partial charge in [0, 0.05) is 24.5 Å². The molecule has 11 heteroatoms. The zero-order valence-corrected chi connectivity index (χ0v) is 27.1. The molecule has 4 rings (SSSR count). The van der Waals surface area contributed by atoms with E-state index in [1.54, 1.807) is 48.5 Å². The number of carbonyl (C=O) groups excluding carboxylic acids is 2. The summed E-state index contributed by atoms with van der Waals surface area (Å²) in [4.78, 5) is 29.5. The molecule has 0 aromatic heterocycles. The fourth-order valence-corrected chi connectivity index (χ4v) is 6.78. The summed E-state index contributed by atoms with van der Waals surface area (Å²) >= 11 is 19.1. The molecule has 2 amide bonds. The number of nitrogens with one attached hydrogen (secondary N) is 1. The molecule has 0 heterocycles. The minimum atomic E-state index is -4.30. The summed E-state index contributed by atoms with van der Waals surface area (Å²) in [6.45, 7) is 1.70. The van der Waals surface area contributed by atoms with Crippen molar-refractivity contribution in [3.8, 4) is 0 Å². The third kappa shape index (κ3) is 8.33. The Morgan fingerprint density at radius 1 is 0.818 bits per heavy atom. The first-order chi connectivity index (χ1) is 21.1. The molecular formula is C33H32Cl3N3O4S. The van der Waals surface area contributed by atoms with Gasteiger partial charge in [-0.2, -0.15) is 0 Å². The lowest BCUT2D eigenvalue weighted by Gasteiger charge is -2.34. The number of sulfonamides is 1.